The lowest BCUT2D eigenvalue weighted by molar-refractivity contribution is -0.122. The van der Waals surface area contributed by atoms with E-state index < -0.39 is 22.0 Å². The molecule has 6 nitrogen and oxygen atoms in total. The van der Waals surface area contributed by atoms with E-state index in [-0.39, 0.29) is 6.54 Å². The summed E-state index contributed by atoms with van der Waals surface area (Å²) in [5, 5.41) is 3.26. The minimum absolute atomic E-state index is 0.0965. The minimum Gasteiger partial charge on any atom is -0.476 e. The number of hydrogen-bond donors (Lipinski definition) is 1. The lowest BCUT2D eigenvalue weighted by Gasteiger charge is -2.34. The van der Waals surface area contributed by atoms with Crippen LogP contribution in [0.4, 0.5) is 11.4 Å². The lowest BCUT2D eigenvalue weighted by Crippen LogP contribution is -2.48. The number of anilines is 2. The van der Waals surface area contributed by atoms with Gasteiger partial charge in [-0.25, -0.2) is 8.42 Å². The summed E-state index contributed by atoms with van der Waals surface area (Å²) in [4.78, 5) is 12.6. The van der Waals surface area contributed by atoms with Crippen LogP contribution in [0.1, 0.15) is 11.1 Å². The van der Waals surface area contributed by atoms with E-state index >= 15 is 0 Å². The molecule has 3 rings (SSSR count). The maximum absolute atomic E-state index is 12.6. The summed E-state index contributed by atoms with van der Waals surface area (Å²) in [6, 6.07) is 10.4. The van der Waals surface area contributed by atoms with Gasteiger partial charge in [0.15, 0.2) is 6.10 Å². The van der Waals surface area contributed by atoms with Gasteiger partial charge in [0.05, 0.1) is 18.5 Å². The molecular weight excluding hydrogens is 376 g/mol. The van der Waals surface area contributed by atoms with Gasteiger partial charge in [-0.2, -0.15) is 0 Å². The maximum Gasteiger partial charge on any atom is 0.267 e. The van der Waals surface area contributed by atoms with Gasteiger partial charge in [-0.05, 0) is 49.2 Å². The number of amides is 1. The van der Waals surface area contributed by atoms with Crippen LogP contribution < -0.4 is 14.4 Å². The van der Waals surface area contributed by atoms with Crippen LogP contribution in [0.3, 0.4) is 0 Å². The number of halogens is 1. The normalized spacial score (nSPS) is 16.6. The van der Waals surface area contributed by atoms with Gasteiger partial charge >= 0.3 is 0 Å². The first-order chi connectivity index (χ1) is 12.1. The van der Waals surface area contributed by atoms with Crippen LogP contribution in [0.25, 0.3) is 0 Å². The SMILES string of the molecule is Cc1ccc2c(c1)N(S(C)(=O)=O)C[C@H](C(=O)Nc1ccc(C)c(Cl)c1)O2. The Morgan fingerprint density at radius 3 is 2.62 bits per heavy atom. The zero-order chi connectivity index (χ0) is 19.1. The van der Waals surface area contributed by atoms with Crippen LogP contribution in [-0.2, 0) is 14.8 Å². The zero-order valence-electron chi connectivity index (χ0n) is 14.6. The molecule has 0 aromatic heterocycles. The highest BCUT2D eigenvalue weighted by atomic mass is 35.5. The van der Waals surface area contributed by atoms with Crippen LogP contribution in [-0.4, -0.2) is 33.2 Å². The van der Waals surface area contributed by atoms with E-state index in [0.29, 0.717) is 22.1 Å². The molecule has 1 atom stereocenters. The average molecular weight is 395 g/mol. The Hall–Kier alpha value is -2.25. The summed E-state index contributed by atoms with van der Waals surface area (Å²) in [7, 11) is -3.56. The standard InChI is InChI=1S/C18H19ClN2O4S/c1-11-4-7-16-15(8-11)21(26(3,23)24)10-17(25-16)18(22)20-13-6-5-12(2)14(19)9-13/h4-9,17H,10H2,1-3H3,(H,20,22)/t17-/m1/s1. The quantitative estimate of drug-likeness (QED) is 0.867. The monoisotopic (exact) mass is 394 g/mol. The molecule has 0 saturated heterocycles. The van der Waals surface area contributed by atoms with Gasteiger partial charge in [-0.1, -0.05) is 23.7 Å². The molecule has 1 heterocycles. The van der Waals surface area contributed by atoms with E-state index in [2.05, 4.69) is 5.32 Å². The number of ether oxygens (including phenoxy) is 1. The number of hydrogen-bond acceptors (Lipinski definition) is 4. The molecule has 2 aromatic rings. The number of carbonyl (C=O) groups excluding carboxylic acids is 1. The lowest BCUT2D eigenvalue weighted by atomic mass is 10.1. The number of carbonyl (C=O) groups is 1. The molecule has 0 spiro atoms. The highest BCUT2D eigenvalue weighted by molar-refractivity contribution is 7.92. The molecule has 8 heteroatoms. The molecule has 1 aliphatic heterocycles. The highest BCUT2D eigenvalue weighted by Gasteiger charge is 2.35. The molecule has 26 heavy (non-hydrogen) atoms. The highest BCUT2D eigenvalue weighted by Crippen LogP contribution is 2.36. The molecule has 1 aliphatic rings. The summed E-state index contributed by atoms with van der Waals surface area (Å²) in [6.45, 7) is 3.63. The van der Waals surface area contributed by atoms with Crippen LogP contribution >= 0.6 is 11.6 Å². The average Bonchev–Trinajstić information content (AvgIpc) is 2.56. The molecule has 2 aromatic carbocycles. The Bertz CT molecular complexity index is 975. The van der Waals surface area contributed by atoms with E-state index in [1.165, 1.54) is 4.31 Å². The van der Waals surface area contributed by atoms with Gasteiger partial charge in [-0.3, -0.25) is 9.10 Å². The van der Waals surface area contributed by atoms with Gasteiger partial charge < -0.3 is 10.1 Å². The second kappa shape index (κ2) is 6.81. The Morgan fingerprint density at radius 1 is 1.23 bits per heavy atom. The molecule has 0 fully saturated rings. The third-order valence-corrected chi connectivity index (χ3v) is 5.67. The number of benzene rings is 2. The van der Waals surface area contributed by atoms with E-state index in [1.807, 2.05) is 13.8 Å². The summed E-state index contributed by atoms with van der Waals surface area (Å²) >= 11 is 6.08. The van der Waals surface area contributed by atoms with Gasteiger partial charge in [-0.15, -0.1) is 0 Å². The van der Waals surface area contributed by atoms with Crippen molar-refractivity contribution in [3.8, 4) is 5.75 Å². The molecule has 0 bridgehead atoms. The number of nitrogens with zero attached hydrogens (tertiary/aromatic N) is 1. The zero-order valence-corrected chi connectivity index (χ0v) is 16.2. The first kappa shape index (κ1) is 18.5. The first-order valence-electron chi connectivity index (χ1n) is 7.97. The Labute approximate surface area is 157 Å². The van der Waals surface area contributed by atoms with Gasteiger partial charge in [0, 0.05) is 10.7 Å². The van der Waals surface area contributed by atoms with Gasteiger partial charge in [0.2, 0.25) is 10.0 Å². The molecule has 1 N–H and O–H groups in total. The van der Waals surface area contributed by atoms with Crippen molar-refractivity contribution in [1.82, 2.24) is 0 Å². The third-order valence-electron chi connectivity index (χ3n) is 4.12. The summed E-state index contributed by atoms with van der Waals surface area (Å²) < 4.78 is 31.3. The number of rotatable bonds is 3. The van der Waals surface area contributed by atoms with Crippen molar-refractivity contribution >= 4 is 38.9 Å². The molecule has 0 radical (unpaired) electrons. The van der Waals surface area contributed by atoms with Crippen molar-refractivity contribution in [2.24, 2.45) is 0 Å². The summed E-state index contributed by atoms with van der Waals surface area (Å²) in [5.41, 5.74) is 2.76. The van der Waals surface area contributed by atoms with E-state index in [1.54, 1.807) is 36.4 Å². The maximum atomic E-state index is 12.6. The molecule has 1 amide bonds. The van der Waals surface area contributed by atoms with E-state index in [4.69, 9.17) is 16.3 Å². The second-order valence-electron chi connectivity index (χ2n) is 6.32. The van der Waals surface area contributed by atoms with Crippen LogP contribution in [0.15, 0.2) is 36.4 Å². The van der Waals surface area contributed by atoms with Crippen LogP contribution in [0.5, 0.6) is 5.75 Å². The third kappa shape index (κ3) is 3.78. The number of aryl methyl sites for hydroxylation is 2. The van der Waals surface area contributed by atoms with Crippen molar-refractivity contribution in [3.05, 3.63) is 52.5 Å². The van der Waals surface area contributed by atoms with Crippen LogP contribution in [0, 0.1) is 13.8 Å². The molecular formula is C18H19ClN2O4S. The van der Waals surface area contributed by atoms with E-state index in [9.17, 15) is 13.2 Å². The van der Waals surface area contributed by atoms with Crippen molar-refractivity contribution in [2.75, 3.05) is 22.4 Å². The van der Waals surface area contributed by atoms with Crippen LogP contribution in [0.2, 0.25) is 5.02 Å². The summed E-state index contributed by atoms with van der Waals surface area (Å²) in [6.07, 6.45) is 0.138. The fraction of sp³-hybridized carbons (Fsp3) is 0.278. The van der Waals surface area contributed by atoms with E-state index in [0.717, 1.165) is 17.4 Å². The molecule has 0 unspecified atom stereocenters. The van der Waals surface area contributed by atoms with Gasteiger partial charge in [0.25, 0.3) is 5.91 Å². The van der Waals surface area contributed by atoms with Crippen molar-refractivity contribution < 1.29 is 17.9 Å². The predicted octanol–water partition coefficient (Wildman–Crippen LogP) is 3.12. The topological polar surface area (TPSA) is 75.7 Å². The minimum atomic E-state index is -3.56. The Kier molecular flexibility index (Phi) is 4.86. The largest absolute Gasteiger partial charge is 0.476 e. The second-order valence-corrected chi connectivity index (χ2v) is 8.64. The Balaban J connectivity index is 1.88. The number of sulfonamides is 1. The number of nitrogens with one attached hydrogen (secondary N) is 1. The fourth-order valence-corrected chi connectivity index (χ4v) is 3.79. The van der Waals surface area contributed by atoms with Crippen molar-refractivity contribution in [1.29, 1.82) is 0 Å². The molecule has 0 aliphatic carbocycles. The molecule has 0 saturated carbocycles. The number of fused-ring (bicyclic) bond motifs is 1. The smallest absolute Gasteiger partial charge is 0.267 e. The first-order valence-corrected chi connectivity index (χ1v) is 10.2. The Morgan fingerprint density at radius 2 is 1.96 bits per heavy atom. The predicted molar refractivity (Wildman–Crippen MR) is 103 cm³/mol. The van der Waals surface area contributed by atoms with Crippen molar-refractivity contribution in [2.45, 2.75) is 20.0 Å². The fourth-order valence-electron chi connectivity index (χ4n) is 2.71. The summed E-state index contributed by atoms with van der Waals surface area (Å²) in [5.74, 6) is -0.0841. The van der Waals surface area contributed by atoms with Crippen molar-refractivity contribution in [3.63, 3.8) is 0 Å². The van der Waals surface area contributed by atoms with Gasteiger partial charge in [0.1, 0.15) is 5.75 Å². The molecule has 138 valence electrons.